The number of halogens is 3. The molecule has 2 N–H and O–H groups in total. The standard InChI is InChI=1S/C21H22F3N7O/c1-4-15(11-30-20-28-9-14(10-29-20)21(22,23)24)31-19(32)17-16(13(3)12(2)8-27-17)18-25-6-5-7-26-18/h5-10,15H,4,11H2,1-3H3,(H,31,32)(H,28,29,30). The molecule has 0 radical (unpaired) electrons. The van der Waals surface area contributed by atoms with Gasteiger partial charge in [-0.25, -0.2) is 19.9 Å². The van der Waals surface area contributed by atoms with E-state index in [0.29, 0.717) is 30.2 Å². The molecule has 0 aliphatic rings. The van der Waals surface area contributed by atoms with E-state index in [4.69, 9.17) is 0 Å². The third-order valence-electron chi connectivity index (χ3n) is 4.91. The van der Waals surface area contributed by atoms with Crippen LogP contribution in [0.3, 0.4) is 0 Å². The van der Waals surface area contributed by atoms with E-state index < -0.39 is 17.6 Å². The van der Waals surface area contributed by atoms with Crippen LogP contribution in [0.5, 0.6) is 0 Å². The average molecular weight is 445 g/mol. The Hall–Kier alpha value is -3.63. The van der Waals surface area contributed by atoms with E-state index in [-0.39, 0.29) is 24.2 Å². The second kappa shape index (κ2) is 9.67. The first-order valence-corrected chi connectivity index (χ1v) is 9.88. The molecule has 3 heterocycles. The average Bonchev–Trinajstić information content (AvgIpc) is 2.78. The summed E-state index contributed by atoms with van der Waals surface area (Å²) in [7, 11) is 0. The Balaban J connectivity index is 1.74. The lowest BCUT2D eigenvalue weighted by atomic mass is 10.0. The van der Waals surface area contributed by atoms with Crippen LogP contribution in [0.25, 0.3) is 11.4 Å². The molecule has 1 amide bonds. The maximum atomic E-state index is 13.0. The van der Waals surface area contributed by atoms with E-state index in [9.17, 15) is 18.0 Å². The van der Waals surface area contributed by atoms with Crippen molar-refractivity contribution in [3.8, 4) is 11.4 Å². The summed E-state index contributed by atoms with van der Waals surface area (Å²) in [6.45, 7) is 5.85. The fraction of sp³-hybridized carbons (Fsp3) is 0.333. The van der Waals surface area contributed by atoms with Crippen LogP contribution in [0.1, 0.15) is 40.5 Å². The first-order valence-electron chi connectivity index (χ1n) is 9.88. The molecule has 8 nitrogen and oxygen atoms in total. The van der Waals surface area contributed by atoms with Gasteiger partial charge in [0.1, 0.15) is 5.69 Å². The number of anilines is 1. The van der Waals surface area contributed by atoms with Crippen LogP contribution >= 0.6 is 0 Å². The minimum Gasteiger partial charge on any atom is -0.352 e. The van der Waals surface area contributed by atoms with Crippen molar-refractivity contribution in [1.82, 2.24) is 30.2 Å². The highest BCUT2D eigenvalue weighted by Gasteiger charge is 2.31. The van der Waals surface area contributed by atoms with E-state index in [2.05, 4.69) is 35.6 Å². The van der Waals surface area contributed by atoms with Crippen molar-refractivity contribution in [2.45, 2.75) is 39.4 Å². The maximum Gasteiger partial charge on any atom is 0.419 e. The predicted molar refractivity (Wildman–Crippen MR) is 112 cm³/mol. The van der Waals surface area contributed by atoms with Crippen molar-refractivity contribution in [2.75, 3.05) is 11.9 Å². The van der Waals surface area contributed by atoms with E-state index in [1.807, 2.05) is 20.8 Å². The zero-order chi connectivity index (χ0) is 23.3. The number of pyridine rings is 1. The van der Waals surface area contributed by atoms with Crippen molar-refractivity contribution in [3.63, 3.8) is 0 Å². The van der Waals surface area contributed by atoms with Gasteiger partial charge in [-0.1, -0.05) is 6.92 Å². The van der Waals surface area contributed by atoms with Crippen molar-refractivity contribution < 1.29 is 18.0 Å². The van der Waals surface area contributed by atoms with Gasteiger partial charge in [0, 0.05) is 43.6 Å². The molecule has 0 bridgehead atoms. The lowest BCUT2D eigenvalue weighted by Crippen LogP contribution is -2.40. The molecule has 0 saturated carbocycles. The van der Waals surface area contributed by atoms with Gasteiger partial charge < -0.3 is 10.6 Å². The minimum absolute atomic E-state index is 0.0355. The van der Waals surface area contributed by atoms with Crippen molar-refractivity contribution in [3.05, 3.63) is 59.4 Å². The Kier molecular flexibility index (Phi) is 6.96. The summed E-state index contributed by atoms with van der Waals surface area (Å²) in [5, 5.41) is 5.74. The summed E-state index contributed by atoms with van der Waals surface area (Å²) in [4.78, 5) is 33.2. The Morgan fingerprint density at radius 2 is 1.69 bits per heavy atom. The topological polar surface area (TPSA) is 106 Å². The molecule has 1 atom stereocenters. The highest BCUT2D eigenvalue weighted by atomic mass is 19.4. The van der Waals surface area contributed by atoms with Crippen LogP contribution in [0, 0.1) is 13.8 Å². The Morgan fingerprint density at radius 1 is 1.03 bits per heavy atom. The van der Waals surface area contributed by atoms with Crippen LogP contribution in [0.15, 0.2) is 37.1 Å². The van der Waals surface area contributed by atoms with Gasteiger partial charge in [-0.15, -0.1) is 0 Å². The number of nitrogens with zero attached hydrogens (tertiary/aromatic N) is 5. The number of nitrogens with one attached hydrogen (secondary N) is 2. The number of hydrogen-bond acceptors (Lipinski definition) is 7. The molecule has 0 aliphatic carbocycles. The largest absolute Gasteiger partial charge is 0.419 e. The van der Waals surface area contributed by atoms with Gasteiger partial charge >= 0.3 is 6.18 Å². The zero-order valence-corrected chi connectivity index (χ0v) is 17.7. The van der Waals surface area contributed by atoms with E-state index >= 15 is 0 Å². The molecule has 3 aromatic rings. The third-order valence-corrected chi connectivity index (χ3v) is 4.91. The summed E-state index contributed by atoms with van der Waals surface area (Å²) >= 11 is 0. The highest BCUT2D eigenvalue weighted by molar-refractivity contribution is 5.99. The molecule has 0 saturated heterocycles. The molecule has 11 heteroatoms. The SMILES string of the molecule is CCC(CNc1ncc(C(F)(F)F)cn1)NC(=O)c1ncc(C)c(C)c1-c1ncccn1. The first-order chi connectivity index (χ1) is 15.2. The fourth-order valence-corrected chi connectivity index (χ4v) is 2.90. The molecule has 32 heavy (non-hydrogen) atoms. The van der Waals surface area contributed by atoms with Crippen molar-refractivity contribution in [1.29, 1.82) is 0 Å². The number of amides is 1. The maximum absolute atomic E-state index is 13.0. The number of alkyl halides is 3. The molecular formula is C21H22F3N7O. The van der Waals surface area contributed by atoms with Crippen LogP contribution in [0.2, 0.25) is 0 Å². The summed E-state index contributed by atoms with van der Waals surface area (Å²) < 4.78 is 37.9. The zero-order valence-electron chi connectivity index (χ0n) is 17.7. The Bertz CT molecular complexity index is 1070. The van der Waals surface area contributed by atoms with E-state index in [1.54, 1.807) is 24.7 Å². The van der Waals surface area contributed by atoms with Gasteiger partial charge in [-0.3, -0.25) is 9.78 Å². The normalized spacial score (nSPS) is 12.3. The molecule has 0 spiro atoms. The third kappa shape index (κ3) is 5.34. The Morgan fingerprint density at radius 3 is 2.28 bits per heavy atom. The van der Waals surface area contributed by atoms with Gasteiger partial charge in [0.05, 0.1) is 11.1 Å². The monoisotopic (exact) mass is 445 g/mol. The number of aromatic nitrogens is 5. The lowest BCUT2D eigenvalue weighted by Gasteiger charge is -2.19. The molecule has 3 aromatic heterocycles. The van der Waals surface area contributed by atoms with Crippen molar-refractivity contribution in [2.24, 2.45) is 0 Å². The van der Waals surface area contributed by atoms with Gasteiger partial charge in [-0.05, 0) is 37.5 Å². The van der Waals surface area contributed by atoms with Crippen molar-refractivity contribution >= 4 is 11.9 Å². The molecule has 1 unspecified atom stereocenters. The second-order valence-corrected chi connectivity index (χ2v) is 7.11. The van der Waals surface area contributed by atoms with Crippen LogP contribution < -0.4 is 10.6 Å². The first kappa shape index (κ1) is 23.0. The number of carbonyl (C=O) groups is 1. The van der Waals surface area contributed by atoms with Crippen LogP contribution in [-0.2, 0) is 6.18 Å². The second-order valence-electron chi connectivity index (χ2n) is 7.11. The lowest BCUT2D eigenvalue weighted by molar-refractivity contribution is -0.138. The molecule has 168 valence electrons. The van der Waals surface area contributed by atoms with Gasteiger partial charge in [0.15, 0.2) is 5.82 Å². The summed E-state index contributed by atoms with van der Waals surface area (Å²) in [5.74, 6) is 0.0293. The number of hydrogen-bond donors (Lipinski definition) is 2. The van der Waals surface area contributed by atoms with Gasteiger partial charge in [0.25, 0.3) is 5.91 Å². The van der Waals surface area contributed by atoms with E-state index in [1.165, 1.54) is 0 Å². The number of rotatable bonds is 7. The summed E-state index contributed by atoms with van der Waals surface area (Å²) in [6.07, 6.45) is 2.27. The van der Waals surface area contributed by atoms with Gasteiger partial charge in [-0.2, -0.15) is 13.2 Å². The number of aryl methyl sites for hydroxylation is 1. The smallest absolute Gasteiger partial charge is 0.352 e. The predicted octanol–water partition coefficient (Wildman–Crippen LogP) is 3.58. The number of carbonyl (C=O) groups excluding carboxylic acids is 1. The summed E-state index contributed by atoms with van der Waals surface area (Å²) in [6, 6.07) is 1.34. The molecule has 3 rings (SSSR count). The molecule has 0 fully saturated rings. The van der Waals surface area contributed by atoms with Crippen LogP contribution in [-0.4, -0.2) is 43.4 Å². The molecule has 0 aliphatic heterocycles. The quantitative estimate of drug-likeness (QED) is 0.573. The van der Waals surface area contributed by atoms with E-state index in [0.717, 1.165) is 11.1 Å². The van der Waals surface area contributed by atoms with Gasteiger partial charge in [0.2, 0.25) is 5.95 Å². The Labute approximate surface area is 182 Å². The fourth-order valence-electron chi connectivity index (χ4n) is 2.90. The molecule has 0 aromatic carbocycles. The van der Waals surface area contributed by atoms with Crippen LogP contribution in [0.4, 0.5) is 19.1 Å². The summed E-state index contributed by atoms with van der Waals surface area (Å²) in [5.41, 5.74) is 1.57. The minimum atomic E-state index is -4.50. The highest BCUT2D eigenvalue weighted by Crippen LogP contribution is 2.28. The molecular weight excluding hydrogens is 423 g/mol.